The van der Waals surface area contributed by atoms with Gasteiger partial charge in [0.05, 0.1) is 12.7 Å². The van der Waals surface area contributed by atoms with Gasteiger partial charge in [0.1, 0.15) is 0 Å². The minimum atomic E-state index is -0.0479. The average molecular weight is 296 g/mol. The number of carbonyl (C=O) groups is 1. The Bertz CT molecular complexity index is 303. The van der Waals surface area contributed by atoms with Crippen molar-refractivity contribution in [3.63, 3.8) is 0 Å². The lowest BCUT2D eigenvalue weighted by Gasteiger charge is -2.28. The smallest absolute Gasteiger partial charge is 0.314 e. The van der Waals surface area contributed by atoms with Gasteiger partial charge in [-0.05, 0) is 31.1 Å². The number of hydrogen-bond acceptors (Lipinski definition) is 2. The second kappa shape index (κ2) is 9.29. The zero-order chi connectivity index (χ0) is 14.9. The molecule has 2 atom stereocenters. The highest BCUT2D eigenvalue weighted by atomic mass is 16.5. The van der Waals surface area contributed by atoms with Crippen molar-refractivity contribution >= 4 is 6.03 Å². The Kier molecular flexibility index (Phi) is 7.34. The van der Waals surface area contributed by atoms with Crippen molar-refractivity contribution in [3.8, 4) is 0 Å². The average Bonchev–Trinajstić information content (AvgIpc) is 2.98. The van der Waals surface area contributed by atoms with Gasteiger partial charge in [0.15, 0.2) is 0 Å². The van der Waals surface area contributed by atoms with E-state index in [-0.39, 0.29) is 6.03 Å². The SMILES string of the molecule is CC1CCCCC1OCCNC(=O)NCCC1CCCC1. The van der Waals surface area contributed by atoms with Gasteiger partial charge in [0.2, 0.25) is 0 Å². The Balaban J connectivity index is 1.45. The van der Waals surface area contributed by atoms with Crippen molar-refractivity contribution in [1.82, 2.24) is 10.6 Å². The third-order valence-electron chi connectivity index (χ3n) is 5.07. The number of carbonyl (C=O) groups excluding carboxylic acids is 1. The summed E-state index contributed by atoms with van der Waals surface area (Å²) in [6.45, 7) is 4.31. The first-order valence-electron chi connectivity index (χ1n) is 8.89. The van der Waals surface area contributed by atoms with Gasteiger partial charge in [-0.25, -0.2) is 4.79 Å². The Morgan fingerprint density at radius 3 is 2.43 bits per heavy atom. The topological polar surface area (TPSA) is 50.4 Å². The molecule has 2 fully saturated rings. The molecule has 2 rings (SSSR count). The molecule has 0 spiro atoms. The van der Waals surface area contributed by atoms with Crippen LogP contribution in [0.1, 0.15) is 64.7 Å². The maximum Gasteiger partial charge on any atom is 0.314 e. The normalized spacial score (nSPS) is 26.7. The predicted octanol–water partition coefficient (Wildman–Crippen LogP) is 3.46. The van der Waals surface area contributed by atoms with Gasteiger partial charge in [0, 0.05) is 13.1 Å². The Hall–Kier alpha value is -0.770. The third-order valence-corrected chi connectivity index (χ3v) is 5.07. The maximum atomic E-state index is 11.7. The summed E-state index contributed by atoms with van der Waals surface area (Å²) < 4.78 is 5.89. The van der Waals surface area contributed by atoms with Crippen LogP contribution in [0.3, 0.4) is 0 Å². The standard InChI is InChI=1S/C17H32N2O2/c1-14-6-2-5-9-16(14)21-13-12-19-17(20)18-11-10-15-7-3-4-8-15/h14-16H,2-13H2,1H3,(H2,18,19,20). The molecule has 0 aromatic carbocycles. The predicted molar refractivity (Wildman–Crippen MR) is 85.3 cm³/mol. The molecule has 0 aliphatic heterocycles. The Labute approximate surface area is 129 Å². The van der Waals surface area contributed by atoms with E-state index in [0.29, 0.717) is 25.2 Å². The quantitative estimate of drug-likeness (QED) is 0.707. The van der Waals surface area contributed by atoms with E-state index in [2.05, 4.69) is 17.6 Å². The molecule has 0 aromatic rings. The van der Waals surface area contributed by atoms with Crippen LogP contribution in [0.15, 0.2) is 0 Å². The zero-order valence-corrected chi connectivity index (χ0v) is 13.5. The summed E-state index contributed by atoms with van der Waals surface area (Å²) in [4.78, 5) is 11.7. The number of ether oxygens (including phenoxy) is 1. The lowest BCUT2D eigenvalue weighted by Crippen LogP contribution is -2.39. The molecule has 0 saturated heterocycles. The summed E-state index contributed by atoms with van der Waals surface area (Å²) in [5.41, 5.74) is 0. The molecule has 0 aromatic heterocycles. The van der Waals surface area contributed by atoms with E-state index in [1.807, 2.05) is 0 Å². The van der Waals surface area contributed by atoms with Crippen LogP contribution in [0, 0.1) is 11.8 Å². The van der Waals surface area contributed by atoms with E-state index < -0.39 is 0 Å². The summed E-state index contributed by atoms with van der Waals surface area (Å²) in [6, 6.07) is -0.0479. The number of rotatable bonds is 7. The lowest BCUT2D eigenvalue weighted by atomic mass is 9.88. The van der Waals surface area contributed by atoms with Gasteiger partial charge < -0.3 is 15.4 Å². The first-order valence-corrected chi connectivity index (χ1v) is 8.89. The summed E-state index contributed by atoms with van der Waals surface area (Å²) in [5, 5.41) is 5.84. The van der Waals surface area contributed by atoms with Crippen LogP contribution >= 0.6 is 0 Å². The van der Waals surface area contributed by atoms with E-state index in [1.54, 1.807) is 0 Å². The fourth-order valence-corrected chi connectivity index (χ4v) is 3.66. The summed E-state index contributed by atoms with van der Waals surface area (Å²) in [6.07, 6.45) is 12.0. The van der Waals surface area contributed by atoms with Gasteiger partial charge in [-0.1, -0.05) is 45.4 Å². The molecule has 2 aliphatic rings. The zero-order valence-electron chi connectivity index (χ0n) is 13.5. The molecule has 4 heteroatoms. The molecule has 2 unspecified atom stereocenters. The van der Waals surface area contributed by atoms with E-state index in [1.165, 1.54) is 51.4 Å². The number of urea groups is 1. The van der Waals surface area contributed by atoms with E-state index >= 15 is 0 Å². The molecule has 0 heterocycles. The van der Waals surface area contributed by atoms with Crippen molar-refractivity contribution < 1.29 is 9.53 Å². The number of nitrogens with one attached hydrogen (secondary N) is 2. The number of hydrogen-bond donors (Lipinski definition) is 2. The highest BCUT2D eigenvalue weighted by molar-refractivity contribution is 5.73. The molecule has 21 heavy (non-hydrogen) atoms. The third kappa shape index (κ3) is 6.25. The highest BCUT2D eigenvalue weighted by Gasteiger charge is 2.21. The van der Waals surface area contributed by atoms with E-state index in [9.17, 15) is 4.79 Å². The fraction of sp³-hybridized carbons (Fsp3) is 0.941. The van der Waals surface area contributed by atoms with E-state index in [4.69, 9.17) is 4.74 Å². The van der Waals surface area contributed by atoms with Gasteiger partial charge in [0.25, 0.3) is 0 Å². The van der Waals surface area contributed by atoms with Gasteiger partial charge >= 0.3 is 6.03 Å². The molecular weight excluding hydrogens is 264 g/mol. The molecule has 0 radical (unpaired) electrons. The van der Waals surface area contributed by atoms with Crippen molar-refractivity contribution in [2.45, 2.75) is 70.8 Å². The minimum Gasteiger partial charge on any atom is -0.376 e. The van der Waals surface area contributed by atoms with Crippen molar-refractivity contribution in [3.05, 3.63) is 0 Å². The van der Waals surface area contributed by atoms with E-state index in [0.717, 1.165) is 18.9 Å². The van der Waals surface area contributed by atoms with Crippen LogP contribution in [0.4, 0.5) is 4.79 Å². The molecular formula is C17H32N2O2. The van der Waals surface area contributed by atoms with Crippen molar-refractivity contribution in [2.24, 2.45) is 11.8 Å². The molecule has 122 valence electrons. The van der Waals surface area contributed by atoms with Crippen LogP contribution < -0.4 is 10.6 Å². The fourth-order valence-electron chi connectivity index (χ4n) is 3.66. The molecule has 2 saturated carbocycles. The summed E-state index contributed by atoms with van der Waals surface area (Å²) in [7, 11) is 0. The second-order valence-corrected chi connectivity index (χ2v) is 6.79. The lowest BCUT2D eigenvalue weighted by molar-refractivity contribution is -0.00243. The second-order valence-electron chi connectivity index (χ2n) is 6.79. The highest BCUT2D eigenvalue weighted by Crippen LogP contribution is 2.27. The van der Waals surface area contributed by atoms with Gasteiger partial charge in [-0.2, -0.15) is 0 Å². The monoisotopic (exact) mass is 296 g/mol. The molecule has 2 aliphatic carbocycles. The van der Waals surface area contributed by atoms with Crippen LogP contribution in [-0.2, 0) is 4.74 Å². The van der Waals surface area contributed by atoms with Crippen molar-refractivity contribution in [2.75, 3.05) is 19.7 Å². The first kappa shape index (κ1) is 16.6. The molecule has 2 amide bonds. The Morgan fingerprint density at radius 1 is 1.00 bits per heavy atom. The number of amides is 2. The minimum absolute atomic E-state index is 0.0479. The van der Waals surface area contributed by atoms with Crippen LogP contribution in [0.25, 0.3) is 0 Å². The van der Waals surface area contributed by atoms with Crippen LogP contribution in [0.2, 0.25) is 0 Å². The molecule has 0 bridgehead atoms. The largest absolute Gasteiger partial charge is 0.376 e. The molecule has 4 nitrogen and oxygen atoms in total. The van der Waals surface area contributed by atoms with Crippen LogP contribution in [0.5, 0.6) is 0 Å². The summed E-state index contributed by atoms with van der Waals surface area (Å²) >= 11 is 0. The molecule has 2 N–H and O–H groups in total. The van der Waals surface area contributed by atoms with Crippen molar-refractivity contribution in [1.29, 1.82) is 0 Å². The maximum absolute atomic E-state index is 11.7. The summed E-state index contributed by atoms with van der Waals surface area (Å²) in [5.74, 6) is 1.50. The van der Waals surface area contributed by atoms with Crippen LogP contribution in [-0.4, -0.2) is 31.8 Å². The van der Waals surface area contributed by atoms with Gasteiger partial charge in [-0.3, -0.25) is 0 Å². The first-order chi connectivity index (χ1) is 10.3. The van der Waals surface area contributed by atoms with Gasteiger partial charge in [-0.15, -0.1) is 0 Å². The Morgan fingerprint density at radius 2 is 1.67 bits per heavy atom.